The number of amides is 2. The van der Waals surface area contributed by atoms with Gasteiger partial charge in [0.25, 0.3) is 0 Å². The van der Waals surface area contributed by atoms with Crippen LogP contribution in [0.1, 0.15) is 32.1 Å². The van der Waals surface area contributed by atoms with Gasteiger partial charge in [-0.05, 0) is 25.7 Å². The number of hydrogen-bond acceptors (Lipinski definition) is 3. The van der Waals surface area contributed by atoms with Crippen LogP contribution in [0.2, 0.25) is 0 Å². The molecule has 0 aromatic carbocycles. The highest BCUT2D eigenvalue weighted by Gasteiger charge is 2.44. The second-order valence-electron chi connectivity index (χ2n) is 6.45. The molecule has 110 valence electrons. The minimum absolute atomic E-state index is 0.00800. The molecule has 0 spiro atoms. The van der Waals surface area contributed by atoms with E-state index < -0.39 is 0 Å². The van der Waals surface area contributed by atoms with Crippen molar-refractivity contribution in [3.8, 4) is 0 Å². The fraction of sp³-hybridized carbons (Fsp3) is 0.800. The maximum Gasteiger partial charge on any atom is 0.226 e. The predicted octanol–water partition coefficient (Wildman–Crippen LogP) is 0.586. The van der Waals surface area contributed by atoms with Gasteiger partial charge in [0.1, 0.15) is 5.78 Å². The van der Waals surface area contributed by atoms with Gasteiger partial charge in [-0.1, -0.05) is 6.42 Å². The molecule has 0 radical (unpaired) electrons. The molecule has 3 fully saturated rings. The van der Waals surface area contributed by atoms with Crippen LogP contribution in [0.4, 0.5) is 0 Å². The summed E-state index contributed by atoms with van der Waals surface area (Å²) in [4.78, 5) is 37.7. The van der Waals surface area contributed by atoms with Gasteiger partial charge in [-0.3, -0.25) is 14.4 Å². The first-order valence-corrected chi connectivity index (χ1v) is 7.64. The fourth-order valence-electron chi connectivity index (χ4n) is 3.97. The lowest BCUT2D eigenvalue weighted by atomic mass is 9.66. The summed E-state index contributed by atoms with van der Waals surface area (Å²) in [5.74, 6) is 0.772. The van der Waals surface area contributed by atoms with E-state index in [2.05, 4.69) is 5.32 Å². The van der Waals surface area contributed by atoms with Crippen LogP contribution in [0.5, 0.6) is 0 Å². The van der Waals surface area contributed by atoms with Gasteiger partial charge in [-0.2, -0.15) is 0 Å². The normalized spacial score (nSPS) is 33.5. The van der Waals surface area contributed by atoms with Crippen LogP contribution in [0.3, 0.4) is 0 Å². The zero-order valence-corrected chi connectivity index (χ0v) is 11.9. The quantitative estimate of drug-likeness (QED) is 0.804. The second kappa shape index (κ2) is 5.19. The average molecular weight is 278 g/mol. The monoisotopic (exact) mass is 278 g/mol. The molecular weight excluding hydrogens is 256 g/mol. The van der Waals surface area contributed by atoms with Gasteiger partial charge >= 0.3 is 0 Å². The van der Waals surface area contributed by atoms with E-state index >= 15 is 0 Å². The van der Waals surface area contributed by atoms with Crippen molar-refractivity contribution in [3.63, 3.8) is 0 Å². The van der Waals surface area contributed by atoms with E-state index in [4.69, 9.17) is 0 Å². The van der Waals surface area contributed by atoms with Crippen LogP contribution in [-0.2, 0) is 14.4 Å². The van der Waals surface area contributed by atoms with Crippen molar-refractivity contribution in [2.75, 3.05) is 20.1 Å². The number of nitrogens with zero attached hydrogens (tertiary/aromatic N) is 1. The largest absolute Gasteiger partial charge is 0.359 e. The smallest absolute Gasteiger partial charge is 0.226 e. The third-order valence-corrected chi connectivity index (χ3v) is 5.21. The van der Waals surface area contributed by atoms with Crippen LogP contribution in [-0.4, -0.2) is 42.6 Å². The zero-order valence-electron chi connectivity index (χ0n) is 11.9. The highest BCUT2D eigenvalue weighted by molar-refractivity contribution is 5.89. The Morgan fingerprint density at radius 1 is 1.10 bits per heavy atom. The van der Waals surface area contributed by atoms with Crippen molar-refractivity contribution in [1.82, 2.24) is 10.2 Å². The van der Waals surface area contributed by atoms with Crippen molar-refractivity contribution in [2.45, 2.75) is 32.1 Å². The van der Waals surface area contributed by atoms with Gasteiger partial charge in [0.15, 0.2) is 0 Å². The highest BCUT2D eigenvalue weighted by atomic mass is 16.2. The van der Waals surface area contributed by atoms with Crippen LogP contribution >= 0.6 is 0 Å². The molecule has 2 aliphatic carbocycles. The number of hydrogen-bond donors (Lipinski definition) is 1. The molecule has 1 saturated heterocycles. The SMILES string of the molecule is CNC(=O)C1CN(C(=O)C2CC3CCCC(C2)C3=O)C1. The third kappa shape index (κ3) is 2.23. The summed E-state index contributed by atoms with van der Waals surface area (Å²) >= 11 is 0. The van der Waals surface area contributed by atoms with E-state index in [0.717, 1.165) is 32.1 Å². The van der Waals surface area contributed by atoms with E-state index in [-0.39, 0.29) is 35.5 Å². The predicted molar refractivity (Wildman–Crippen MR) is 72.7 cm³/mol. The molecule has 5 heteroatoms. The van der Waals surface area contributed by atoms with Gasteiger partial charge in [-0.15, -0.1) is 0 Å². The number of nitrogens with one attached hydrogen (secondary N) is 1. The minimum atomic E-state index is -0.0475. The first-order valence-electron chi connectivity index (χ1n) is 7.64. The number of Topliss-reactive ketones (excluding diaryl/α,β-unsaturated/α-hetero) is 1. The first kappa shape index (κ1) is 13.6. The Bertz CT molecular complexity index is 426. The topological polar surface area (TPSA) is 66.5 Å². The lowest BCUT2D eigenvalue weighted by Gasteiger charge is -2.43. The van der Waals surface area contributed by atoms with Gasteiger partial charge in [0, 0.05) is 37.9 Å². The molecule has 2 saturated carbocycles. The van der Waals surface area contributed by atoms with Crippen molar-refractivity contribution in [1.29, 1.82) is 0 Å². The summed E-state index contributed by atoms with van der Waals surface area (Å²) in [5, 5.41) is 2.62. The number of ketones is 1. The standard InChI is InChI=1S/C15H22N2O3/c1-16-14(19)12-7-17(8-12)15(20)11-5-9-3-2-4-10(6-11)13(9)18/h9-12H,2-8H2,1H3,(H,16,19). The minimum Gasteiger partial charge on any atom is -0.359 e. The Morgan fingerprint density at radius 2 is 1.70 bits per heavy atom. The molecule has 1 N–H and O–H groups in total. The second-order valence-corrected chi connectivity index (χ2v) is 6.45. The fourth-order valence-corrected chi connectivity index (χ4v) is 3.97. The number of rotatable bonds is 2. The number of carbonyl (C=O) groups is 3. The van der Waals surface area contributed by atoms with Crippen LogP contribution in [0.15, 0.2) is 0 Å². The summed E-state index contributed by atoms with van der Waals surface area (Å²) in [6.07, 6.45) is 4.51. The van der Waals surface area contributed by atoms with Gasteiger partial charge in [0.05, 0.1) is 5.92 Å². The van der Waals surface area contributed by atoms with Crippen molar-refractivity contribution in [2.24, 2.45) is 23.7 Å². The summed E-state index contributed by atoms with van der Waals surface area (Å²) in [5.41, 5.74) is 0. The molecule has 2 bridgehead atoms. The number of likely N-dealkylation sites (tertiary alicyclic amines) is 1. The highest BCUT2D eigenvalue weighted by Crippen LogP contribution is 2.41. The molecule has 0 aromatic heterocycles. The molecule has 2 unspecified atom stereocenters. The number of carbonyl (C=O) groups excluding carboxylic acids is 3. The summed E-state index contributed by atoms with van der Waals surface area (Å²) in [7, 11) is 1.63. The van der Waals surface area contributed by atoms with Crippen molar-refractivity contribution in [3.05, 3.63) is 0 Å². The van der Waals surface area contributed by atoms with Crippen LogP contribution < -0.4 is 5.32 Å². The van der Waals surface area contributed by atoms with E-state index in [0.29, 0.717) is 18.9 Å². The summed E-state index contributed by atoms with van der Waals surface area (Å²) < 4.78 is 0. The van der Waals surface area contributed by atoms with Gasteiger partial charge < -0.3 is 10.2 Å². The Hall–Kier alpha value is -1.39. The molecule has 2 atom stereocenters. The van der Waals surface area contributed by atoms with Crippen LogP contribution in [0.25, 0.3) is 0 Å². The Morgan fingerprint density at radius 3 is 2.25 bits per heavy atom. The van der Waals surface area contributed by atoms with Crippen molar-refractivity contribution < 1.29 is 14.4 Å². The average Bonchev–Trinajstić information content (AvgIpc) is 2.36. The molecule has 1 aliphatic heterocycles. The first-order chi connectivity index (χ1) is 9.60. The van der Waals surface area contributed by atoms with Gasteiger partial charge in [-0.25, -0.2) is 0 Å². The molecular formula is C15H22N2O3. The van der Waals surface area contributed by atoms with Crippen LogP contribution in [0, 0.1) is 23.7 Å². The lowest BCUT2D eigenvalue weighted by Crippen LogP contribution is -2.57. The molecule has 3 rings (SSSR count). The van der Waals surface area contributed by atoms with Gasteiger partial charge in [0.2, 0.25) is 11.8 Å². The molecule has 1 heterocycles. The Balaban J connectivity index is 1.57. The molecule has 2 amide bonds. The maximum absolute atomic E-state index is 12.5. The Labute approximate surface area is 119 Å². The molecule has 20 heavy (non-hydrogen) atoms. The Kier molecular flexibility index (Phi) is 3.52. The van der Waals surface area contributed by atoms with E-state index in [9.17, 15) is 14.4 Å². The molecule has 3 aliphatic rings. The molecule has 5 nitrogen and oxygen atoms in total. The third-order valence-electron chi connectivity index (χ3n) is 5.21. The zero-order chi connectivity index (χ0) is 14.3. The maximum atomic E-state index is 12.5. The van der Waals surface area contributed by atoms with E-state index in [1.54, 1.807) is 11.9 Å². The molecule has 0 aromatic rings. The van der Waals surface area contributed by atoms with E-state index in [1.807, 2.05) is 0 Å². The number of fused-ring (bicyclic) bond motifs is 2. The van der Waals surface area contributed by atoms with Crippen molar-refractivity contribution >= 4 is 17.6 Å². The summed E-state index contributed by atoms with van der Waals surface area (Å²) in [6.45, 7) is 1.08. The van der Waals surface area contributed by atoms with E-state index in [1.165, 1.54) is 0 Å². The summed E-state index contributed by atoms with van der Waals surface area (Å²) in [6, 6.07) is 0. The lowest BCUT2D eigenvalue weighted by molar-refractivity contribution is -0.150.